The highest BCUT2D eigenvalue weighted by Crippen LogP contribution is 2.31. The number of nitrogens with two attached hydrogens (primary N) is 1. The normalized spacial score (nSPS) is 10.5. The van der Waals surface area contributed by atoms with E-state index in [-0.39, 0.29) is 0 Å². The van der Waals surface area contributed by atoms with Crippen molar-refractivity contribution in [1.29, 1.82) is 0 Å². The monoisotopic (exact) mass is 363 g/mol. The summed E-state index contributed by atoms with van der Waals surface area (Å²) in [5.74, 6) is 2.14. The van der Waals surface area contributed by atoms with Gasteiger partial charge in [-0.05, 0) is 42.7 Å². The van der Waals surface area contributed by atoms with Gasteiger partial charge in [0.15, 0.2) is 11.5 Å². The fourth-order valence-electron chi connectivity index (χ4n) is 2.95. The minimum Gasteiger partial charge on any atom is -0.493 e. The third kappa shape index (κ3) is 4.14. The number of hydrogen-bond donors (Lipinski definition) is 2. The number of benzene rings is 2. The molecule has 3 rings (SSSR count). The van der Waals surface area contributed by atoms with E-state index in [1.165, 1.54) is 0 Å². The van der Waals surface area contributed by atoms with Crippen molar-refractivity contribution in [2.45, 2.75) is 20.4 Å². The zero-order chi connectivity index (χ0) is 19.2. The summed E-state index contributed by atoms with van der Waals surface area (Å²) in [6.07, 6.45) is 1.86. The summed E-state index contributed by atoms with van der Waals surface area (Å²) in [5.41, 5.74) is 11.2. The predicted molar refractivity (Wildman–Crippen MR) is 110 cm³/mol. The zero-order valence-corrected chi connectivity index (χ0v) is 16.0. The summed E-state index contributed by atoms with van der Waals surface area (Å²) in [6, 6.07) is 16.0. The van der Waals surface area contributed by atoms with Gasteiger partial charge in [-0.15, -0.1) is 0 Å². The number of pyridine rings is 1. The highest BCUT2D eigenvalue weighted by atomic mass is 16.5. The zero-order valence-electron chi connectivity index (χ0n) is 16.0. The SMILES string of the molecule is CCOc1cc(CNc2ncc(-c3ccccc3)c(C)c2N)ccc1OC. The molecular formula is C22H25N3O2. The second-order valence-electron chi connectivity index (χ2n) is 6.20. The van der Waals surface area contributed by atoms with Gasteiger partial charge in [0.05, 0.1) is 19.4 Å². The first-order chi connectivity index (χ1) is 13.1. The van der Waals surface area contributed by atoms with Gasteiger partial charge < -0.3 is 20.5 Å². The number of nitrogens with one attached hydrogen (secondary N) is 1. The maximum Gasteiger partial charge on any atom is 0.161 e. The van der Waals surface area contributed by atoms with Crippen molar-refractivity contribution < 1.29 is 9.47 Å². The first-order valence-electron chi connectivity index (χ1n) is 8.98. The Morgan fingerprint density at radius 1 is 1.07 bits per heavy atom. The van der Waals surface area contributed by atoms with E-state index in [2.05, 4.69) is 22.4 Å². The standard InChI is InChI=1S/C22H25N3O2/c1-4-27-20-12-16(10-11-19(20)26-3)13-24-22-21(23)15(2)18(14-25-22)17-8-6-5-7-9-17/h5-12,14H,4,13,23H2,1-3H3,(H,24,25). The van der Waals surface area contributed by atoms with Crippen LogP contribution in [0.4, 0.5) is 11.5 Å². The molecule has 0 spiro atoms. The minimum atomic E-state index is 0.585. The third-order valence-electron chi connectivity index (χ3n) is 4.46. The van der Waals surface area contributed by atoms with Crippen LogP contribution in [0.1, 0.15) is 18.1 Å². The molecular weight excluding hydrogens is 338 g/mol. The van der Waals surface area contributed by atoms with Crippen LogP contribution in [0.25, 0.3) is 11.1 Å². The fraction of sp³-hybridized carbons (Fsp3) is 0.227. The Morgan fingerprint density at radius 3 is 2.56 bits per heavy atom. The highest BCUT2D eigenvalue weighted by Gasteiger charge is 2.11. The number of aromatic nitrogens is 1. The molecule has 0 saturated heterocycles. The van der Waals surface area contributed by atoms with Crippen molar-refractivity contribution >= 4 is 11.5 Å². The summed E-state index contributed by atoms with van der Waals surface area (Å²) in [7, 11) is 1.64. The number of methoxy groups -OCH3 is 1. The van der Waals surface area contributed by atoms with Crippen molar-refractivity contribution in [3.05, 3.63) is 65.9 Å². The maximum absolute atomic E-state index is 6.34. The molecule has 0 bridgehead atoms. The van der Waals surface area contributed by atoms with Crippen molar-refractivity contribution in [2.24, 2.45) is 0 Å². The van der Waals surface area contributed by atoms with Crippen molar-refractivity contribution in [3.63, 3.8) is 0 Å². The third-order valence-corrected chi connectivity index (χ3v) is 4.46. The van der Waals surface area contributed by atoms with E-state index in [0.29, 0.717) is 24.7 Å². The van der Waals surface area contributed by atoms with Crippen LogP contribution in [0.2, 0.25) is 0 Å². The lowest BCUT2D eigenvalue weighted by atomic mass is 10.0. The Kier molecular flexibility index (Phi) is 5.81. The van der Waals surface area contributed by atoms with E-state index in [9.17, 15) is 0 Å². The molecule has 0 amide bonds. The van der Waals surface area contributed by atoms with Crippen LogP contribution in [-0.4, -0.2) is 18.7 Å². The largest absolute Gasteiger partial charge is 0.493 e. The molecule has 3 N–H and O–H groups in total. The quantitative estimate of drug-likeness (QED) is 0.639. The van der Waals surface area contributed by atoms with Crippen molar-refractivity contribution in [1.82, 2.24) is 4.98 Å². The Morgan fingerprint density at radius 2 is 1.85 bits per heavy atom. The van der Waals surface area contributed by atoms with Crippen molar-refractivity contribution in [3.8, 4) is 22.6 Å². The lowest BCUT2D eigenvalue weighted by molar-refractivity contribution is 0.310. The molecule has 2 aromatic carbocycles. The Balaban J connectivity index is 1.79. The van der Waals surface area contributed by atoms with Gasteiger partial charge in [-0.25, -0.2) is 4.98 Å². The van der Waals surface area contributed by atoms with Crippen LogP contribution >= 0.6 is 0 Å². The summed E-state index contributed by atoms with van der Waals surface area (Å²) < 4.78 is 11.0. The van der Waals surface area contributed by atoms with E-state index < -0.39 is 0 Å². The van der Waals surface area contributed by atoms with Crippen LogP contribution in [0.15, 0.2) is 54.7 Å². The van der Waals surface area contributed by atoms with Gasteiger partial charge in [0.2, 0.25) is 0 Å². The van der Waals surface area contributed by atoms with Gasteiger partial charge in [0.1, 0.15) is 5.82 Å². The summed E-state index contributed by atoms with van der Waals surface area (Å²) >= 11 is 0. The number of nitrogens with zero attached hydrogens (tertiary/aromatic N) is 1. The van der Waals surface area contributed by atoms with Crippen molar-refractivity contribution in [2.75, 3.05) is 24.8 Å². The smallest absolute Gasteiger partial charge is 0.161 e. The number of nitrogen functional groups attached to an aromatic ring is 1. The lowest BCUT2D eigenvalue weighted by Gasteiger charge is -2.15. The molecule has 0 unspecified atom stereocenters. The summed E-state index contributed by atoms with van der Waals surface area (Å²) in [4.78, 5) is 4.53. The lowest BCUT2D eigenvalue weighted by Crippen LogP contribution is -2.07. The summed E-state index contributed by atoms with van der Waals surface area (Å²) in [6.45, 7) is 5.14. The molecule has 0 fully saturated rings. The molecule has 5 heteroatoms. The van der Waals surface area contributed by atoms with Gasteiger partial charge in [0, 0.05) is 18.3 Å². The van der Waals surface area contributed by atoms with E-state index in [0.717, 1.165) is 33.8 Å². The molecule has 0 aliphatic heterocycles. The first kappa shape index (κ1) is 18.6. The molecule has 0 atom stereocenters. The molecule has 0 aliphatic rings. The number of anilines is 2. The molecule has 0 radical (unpaired) electrons. The number of ether oxygens (including phenoxy) is 2. The molecule has 0 aliphatic carbocycles. The Bertz CT molecular complexity index is 911. The van der Waals surface area contributed by atoms with E-state index >= 15 is 0 Å². The van der Waals surface area contributed by atoms with E-state index in [4.69, 9.17) is 15.2 Å². The second kappa shape index (κ2) is 8.45. The predicted octanol–water partition coefficient (Wildman–Crippen LogP) is 4.66. The molecule has 5 nitrogen and oxygen atoms in total. The molecule has 0 saturated carbocycles. The number of rotatable bonds is 7. The fourth-order valence-corrected chi connectivity index (χ4v) is 2.95. The topological polar surface area (TPSA) is 69.4 Å². The van der Waals surface area contributed by atoms with Gasteiger partial charge >= 0.3 is 0 Å². The maximum atomic E-state index is 6.34. The van der Waals surface area contributed by atoms with Crippen LogP contribution in [0.3, 0.4) is 0 Å². The second-order valence-corrected chi connectivity index (χ2v) is 6.20. The van der Waals surface area contributed by atoms with E-state index in [1.807, 2.05) is 56.4 Å². The van der Waals surface area contributed by atoms with Crippen LogP contribution in [-0.2, 0) is 6.54 Å². The van der Waals surface area contributed by atoms with Gasteiger partial charge in [0.25, 0.3) is 0 Å². The van der Waals surface area contributed by atoms with Gasteiger partial charge in [-0.2, -0.15) is 0 Å². The van der Waals surface area contributed by atoms with E-state index in [1.54, 1.807) is 7.11 Å². The molecule has 1 aromatic heterocycles. The molecule has 140 valence electrons. The minimum absolute atomic E-state index is 0.585. The molecule has 27 heavy (non-hydrogen) atoms. The first-order valence-corrected chi connectivity index (χ1v) is 8.98. The van der Waals surface area contributed by atoms with Crippen LogP contribution < -0.4 is 20.5 Å². The average Bonchev–Trinajstić information content (AvgIpc) is 2.70. The van der Waals surface area contributed by atoms with Gasteiger partial charge in [-0.1, -0.05) is 36.4 Å². The average molecular weight is 363 g/mol. The van der Waals surface area contributed by atoms with Gasteiger partial charge in [-0.3, -0.25) is 0 Å². The van der Waals surface area contributed by atoms with Crippen LogP contribution in [0, 0.1) is 6.92 Å². The molecule has 3 aromatic rings. The van der Waals surface area contributed by atoms with Crippen LogP contribution in [0.5, 0.6) is 11.5 Å². The highest BCUT2D eigenvalue weighted by molar-refractivity contribution is 5.77. The summed E-state index contributed by atoms with van der Waals surface area (Å²) in [5, 5.41) is 3.32. The Hall–Kier alpha value is -3.21. The Labute approximate surface area is 160 Å². The number of hydrogen-bond acceptors (Lipinski definition) is 5. The molecule has 1 heterocycles.